The molecule has 0 atom stereocenters. The molecule has 0 aliphatic carbocycles. The first-order valence-electron chi connectivity index (χ1n) is 8.16. The number of hydrogen-bond acceptors (Lipinski definition) is 4. The molecule has 0 spiro atoms. The number of likely N-dealkylation sites (tertiary alicyclic amines) is 1. The Balaban J connectivity index is 1.82. The Morgan fingerprint density at radius 1 is 1.36 bits per heavy atom. The van der Waals surface area contributed by atoms with Gasteiger partial charge in [-0.15, -0.1) is 0 Å². The van der Waals surface area contributed by atoms with Gasteiger partial charge in [0.1, 0.15) is 5.75 Å². The lowest BCUT2D eigenvalue weighted by Gasteiger charge is -2.36. The number of likely N-dealkylation sites (N-methyl/N-ethyl adjacent to an activating group) is 1. The zero-order chi connectivity index (χ0) is 18.4. The molecule has 2 rings (SSSR count). The number of carbonyl (C=O) groups is 1. The van der Waals surface area contributed by atoms with E-state index in [9.17, 15) is 18.0 Å². The lowest BCUT2D eigenvalue weighted by atomic mass is 10.0. The van der Waals surface area contributed by atoms with Crippen molar-refractivity contribution in [1.29, 1.82) is 0 Å². The number of halogens is 3. The van der Waals surface area contributed by atoms with E-state index in [0.29, 0.717) is 6.54 Å². The van der Waals surface area contributed by atoms with E-state index in [0.717, 1.165) is 31.5 Å². The third kappa shape index (κ3) is 6.91. The molecule has 1 heterocycles. The molecular weight excluding hydrogens is 337 g/mol. The lowest BCUT2D eigenvalue weighted by molar-refractivity contribution is -0.153. The van der Waals surface area contributed by atoms with Crippen LogP contribution >= 0.6 is 0 Å². The number of rotatable bonds is 7. The third-order valence-electron chi connectivity index (χ3n) is 4.27. The van der Waals surface area contributed by atoms with E-state index in [1.54, 1.807) is 12.1 Å². The maximum atomic E-state index is 12.2. The average molecular weight is 360 g/mol. The fourth-order valence-corrected chi connectivity index (χ4v) is 3.02. The van der Waals surface area contributed by atoms with Crippen LogP contribution in [-0.4, -0.2) is 66.4 Å². The molecule has 0 amide bonds. The van der Waals surface area contributed by atoms with Crippen LogP contribution in [-0.2, 0) is 11.3 Å². The Kier molecular flexibility index (Phi) is 6.66. The summed E-state index contributed by atoms with van der Waals surface area (Å²) in [5.41, 5.74) is 0.900. The number of hydrogen-bond donors (Lipinski definition) is 1. The van der Waals surface area contributed by atoms with Crippen molar-refractivity contribution in [3.8, 4) is 5.75 Å². The van der Waals surface area contributed by atoms with Crippen molar-refractivity contribution in [2.45, 2.75) is 31.6 Å². The Morgan fingerprint density at radius 2 is 2.04 bits per heavy atom. The number of piperidine rings is 1. The van der Waals surface area contributed by atoms with Crippen LogP contribution in [0.4, 0.5) is 13.2 Å². The van der Waals surface area contributed by atoms with Crippen LogP contribution < -0.4 is 4.74 Å². The first kappa shape index (κ1) is 19.5. The number of nitrogens with zero attached hydrogens (tertiary/aromatic N) is 2. The van der Waals surface area contributed by atoms with Crippen LogP contribution in [0.2, 0.25) is 0 Å². The zero-order valence-corrected chi connectivity index (χ0v) is 14.1. The summed E-state index contributed by atoms with van der Waals surface area (Å²) in [5.74, 6) is -0.619. The molecule has 1 aliphatic heterocycles. The van der Waals surface area contributed by atoms with Gasteiger partial charge in [-0.05, 0) is 50.7 Å². The van der Waals surface area contributed by atoms with E-state index in [-0.39, 0.29) is 18.3 Å². The molecule has 0 bridgehead atoms. The number of carboxylic acid groups (broad SMARTS) is 1. The van der Waals surface area contributed by atoms with Crippen LogP contribution in [0.5, 0.6) is 5.75 Å². The van der Waals surface area contributed by atoms with Crippen molar-refractivity contribution in [3.63, 3.8) is 0 Å². The Hall–Kier alpha value is -1.80. The summed E-state index contributed by atoms with van der Waals surface area (Å²) in [5, 5.41) is 8.85. The largest absolute Gasteiger partial charge is 0.484 e. The highest BCUT2D eigenvalue weighted by Crippen LogP contribution is 2.22. The maximum absolute atomic E-state index is 12.2. The molecular formula is C17H23F3N2O3. The minimum absolute atomic E-state index is 0.0310. The minimum atomic E-state index is -4.35. The molecule has 1 saturated heterocycles. The normalized spacial score (nSPS) is 17.0. The summed E-state index contributed by atoms with van der Waals surface area (Å²) >= 11 is 0. The predicted molar refractivity (Wildman–Crippen MR) is 86.6 cm³/mol. The van der Waals surface area contributed by atoms with Crippen LogP contribution in [0, 0.1) is 0 Å². The van der Waals surface area contributed by atoms with Gasteiger partial charge in [0.25, 0.3) is 0 Å². The Labute approximate surface area is 145 Å². The van der Waals surface area contributed by atoms with Gasteiger partial charge >= 0.3 is 12.1 Å². The summed E-state index contributed by atoms with van der Waals surface area (Å²) in [4.78, 5) is 14.8. The summed E-state index contributed by atoms with van der Waals surface area (Å²) in [6.45, 7) is 1.02. The predicted octanol–water partition coefficient (Wildman–Crippen LogP) is 2.61. The number of aliphatic carboxylic acids is 1. The van der Waals surface area contributed by atoms with Crippen molar-refractivity contribution >= 4 is 5.97 Å². The number of carboxylic acids is 1. The smallest absolute Gasteiger partial charge is 0.422 e. The minimum Gasteiger partial charge on any atom is -0.484 e. The fourth-order valence-electron chi connectivity index (χ4n) is 3.02. The first-order chi connectivity index (χ1) is 11.7. The summed E-state index contributed by atoms with van der Waals surface area (Å²) in [6.07, 6.45) is -2.61. The van der Waals surface area contributed by atoms with Crippen LogP contribution in [0.1, 0.15) is 18.4 Å². The van der Waals surface area contributed by atoms with E-state index in [4.69, 9.17) is 9.84 Å². The van der Waals surface area contributed by atoms with Gasteiger partial charge in [0.15, 0.2) is 6.61 Å². The Morgan fingerprint density at radius 3 is 2.64 bits per heavy atom. The zero-order valence-electron chi connectivity index (χ0n) is 14.1. The molecule has 1 aromatic rings. The van der Waals surface area contributed by atoms with Crippen LogP contribution in [0.25, 0.3) is 0 Å². The SMILES string of the molecule is CN(CC(=O)O)C1CCN(Cc2cccc(OCC(F)(F)F)c2)CC1. The number of ether oxygens (including phenoxy) is 1. The van der Waals surface area contributed by atoms with Gasteiger partial charge in [-0.3, -0.25) is 14.6 Å². The molecule has 1 aromatic carbocycles. The number of alkyl halides is 3. The van der Waals surface area contributed by atoms with Gasteiger partial charge in [-0.1, -0.05) is 12.1 Å². The molecule has 8 heteroatoms. The average Bonchev–Trinajstić information content (AvgIpc) is 2.53. The second-order valence-electron chi connectivity index (χ2n) is 6.37. The standard InChI is InChI=1S/C17H23F3N2O3/c1-21(11-16(23)24)14-5-7-22(8-6-14)10-13-3-2-4-15(9-13)25-12-17(18,19)20/h2-4,9,14H,5-8,10-12H2,1H3,(H,23,24). The third-order valence-corrected chi connectivity index (χ3v) is 4.27. The van der Waals surface area contributed by atoms with E-state index in [2.05, 4.69) is 4.90 Å². The van der Waals surface area contributed by atoms with Gasteiger partial charge < -0.3 is 9.84 Å². The molecule has 5 nitrogen and oxygen atoms in total. The Bertz CT molecular complexity index is 573. The highest BCUT2D eigenvalue weighted by molar-refractivity contribution is 5.69. The fraction of sp³-hybridized carbons (Fsp3) is 0.588. The molecule has 0 radical (unpaired) electrons. The molecule has 0 aromatic heterocycles. The quantitative estimate of drug-likeness (QED) is 0.810. The highest BCUT2D eigenvalue weighted by Gasteiger charge is 2.28. The van der Waals surface area contributed by atoms with Crippen LogP contribution in [0.15, 0.2) is 24.3 Å². The van der Waals surface area contributed by atoms with Gasteiger partial charge in [-0.25, -0.2) is 0 Å². The monoisotopic (exact) mass is 360 g/mol. The van der Waals surface area contributed by atoms with Crippen molar-refractivity contribution in [2.75, 3.05) is 33.3 Å². The van der Waals surface area contributed by atoms with Crippen molar-refractivity contribution in [1.82, 2.24) is 9.80 Å². The van der Waals surface area contributed by atoms with Gasteiger partial charge in [0, 0.05) is 12.6 Å². The van der Waals surface area contributed by atoms with Gasteiger partial charge in [-0.2, -0.15) is 13.2 Å². The second-order valence-corrected chi connectivity index (χ2v) is 6.37. The van der Waals surface area contributed by atoms with Crippen molar-refractivity contribution in [2.24, 2.45) is 0 Å². The summed E-state index contributed by atoms with van der Waals surface area (Å²) in [6, 6.07) is 6.95. The topological polar surface area (TPSA) is 53.0 Å². The maximum Gasteiger partial charge on any atom is 0.422 e. The van der Waals surface area contributed by atoms with E-state index >= 15 is 0 Å². The number of benzene rings is 1. The van der Waals surface area contributed by atoms with Gasteiger partial charge in [0.05, 0.1) is 6.54 Å². The summed E-state index contributed by atoms with van der Waals surface area (Å²) < 4.78 is 41.4. The van der Waals surface area contributed by atoms with Gasteiger partial charge in [0.2, 0.25) is 0 Å². The molecule has 1 aliphatic rings. The van der Waals surface area contributed by atoms with E-state index in [1.165, 1.54) is 6.07 Å². The molecule has 140 valence electrons. The molecule has 1 fully saturated rings. The van der Waals surface area contributed by atoms with Crippen molar-refractivity contribution in [3.05, 3.63) is 29.8 Å². The van der Waals surface area contributed by atoms with E-state index in [1.807, 2.05) is 18.0 Å². The molecule has 0 saturated carbocycles. The van der Waals surface area contributed by atoms with Crippen molar-refractivity contribution < 1.29 is 27.8 Å². The van der Waals surface area contributed by atoms with Crippen LogP contribution in [0.3, 0.4) is 0 Å². The van der Waals surface area contributed by atoms with E-state index < -0.39 is 18.8 Å². The summed E-state index contributed by atoms with van der Waals surface area (Å²) in [7, 11) is 1.82. The second kappa shape index (κ2) is 8.53. The first-order valence-corrected chi connectivity index (χ1v) is 8.16. The molecule has 25 heavy (non-hydrogen) atoms. The highest BCUT2D eigenvalue weighted by atomic mass is 19.4. The lowest BCUT2D eigenvalue weighted by Crippen LogP contribution is -2.44. The molecule has 1 N–H and O–H groups in total. The molecule has 0 unspecified atom stereocenters.